The van der Waals surface area contributed by atoms with E-state index in [0.29, 0.717) is 18.5 Å². The van der Waals surface area contributed by atoms with Gasteiger partial charge < -0.3 is 9.64 Å². The zero-order chi connectivity index (χ0) is 23.8. The van der Waals surface area contributed by atoms with Crippen LogP contribution in [0.5, 0.6) is 5.75 Å². The van der Waals surface area contributed by atoms with Gasteiger partial charge in [0.25, 0.3) is 0 Å². The van der Waals surface area contributed by atoms with Crippen molar-refractivity contribution in [2.24, 2.45) is 17.8 Å². The van der Waals surface area contributed by atoms with Gasteiger partial charge in [0.05, 0.1) is 23.4 Å². The Bertz CT molecular complexity index is 1160. The number of allylic oxidation sites excluding steroid dienone is 2. The van der Waals surface area contributed by atoms with Crippen molar-refractivity contribution in [3.05, 3.63) is 66.2 Å². The Morgan fingerprint density at radius 2 is 1.62 bits per heavy atom. The fraction of sp³-hybridized carbons (Fsp3) is 0.333. The van der Waals surface area contributed by atoms with Crippen LogP contribution in [0.4, 0.5) is 11.4 Å². The second-order valence-corrected chi connectivity index (χ2v) is 9.01. The minimum Gasteiger partial charge on any atom is -0.426 e. The van der Waals surface area contributed by atoms with Crippen molar-refractivity contribution in [3.63, 3.8) is 0 Å². The summed E-state index contributed by atoms with van der Waals surface area (Å²) in [6.45, 7) is 2.32. The van der Waals surface area contributed by atoms with Crippen LogP contribution in [0.25, 0.3) is 0 Å². The largest absolute Gasteiger partial charge is 0.426 e. The van der Waals surface area contributed by atoms with Crippen LogP contribution in [0.2, 0.25) is 0 Å². The topological polar surface area (TPSA) is 84.0 Å². The molecule has 7 heteroatoms. The van der Waals surface area contributed by atoms with Gasteiger partial charge in [-0.2, -0.15) is 0 Å². The van der Waals surface area contributed by atoms with Crippen molar-refractivity contribution >= 4 is 35.1 Å². The van der Waals surface area contributed by atoms with Gasteiger partial charge in [0.1, 0.15) is 5.75 Å². The highest BCUT2D eigenvalue weighted by Crippen LogP contribution is 2.38. The van der Waals surface area contributed by atoms with Gasteiger partial charge in [-0.3, -0.25) is 19.2 Å². The number of ether oxygens (including phenoxy) is 1. The van der Waals surface area contributed by atoms with Crippen molar-refractivity contribution in [3.8, 4) is 5.75 Å². The summed E-state index contributed by atoms with van der Waals surface area (Å²) in [5.74, 6) is -2.06. The maximum atomic E-state index is 12.9. The fourth-order valence-corrected chi connectivity index (χ4v) is 4.97. The maximum Gasteiger partial charge on any atom is 0.316 e. The minimum atomic E-state index is -0.592. The van der Waals surface area contributed by atoms with Crippen LogP contribution in [-0.2, 0) is 25.6 Å². The van der Waals surface area contributed by atoms with Gasteiger partial charge in [-0.05, 0) is 49.1 Å². The molecule has 3 amide bonds. The molecule has 2 aliphatic heterocycles. The Hall–Kier alpha value is -3.74. The lowest BCUT2D eigenvalue weighted by Gasteiger charge is -2.17. The summed E-state index contributed by atoms with van der Waals surface area (Å²) in [6, 6.07) is 14.2. The van der Waals surface area contributed by atoms with Gasteiger partial charge in [0.2, 0.25) is 17.7 Å². The van der Waals surface area contributed by atoms with Crippen LogP contribution in [0.15, 0.2) is 60.7 Å². The lowest BCUT2D eigenvalue weighted by atomic mass is 9.85. The van der Waals surface area contributed by atoms with Crippen molar-refractivity contribution in [1.82, 2.24) is 0 Å². The van der Waals surface area contributed by atoms with Crippen molar-refractivity contribution in [2.45, 2.75) is 32.6 Å². The molecule has 0 saturated carbocycles. The number of aryl methyl sites for hydroxylation is 1. The number of fused-ring (bicyclic) bond motifs is 1. The summed E-state index contributed by atoms with van der Waals surface area (Å²) in [6.07, 6.45) is 6.00. The predicted octanol–water partition coefficient (Wildman–Crippen LogP) is 3.66. The molecule has 2 fully saturated rings. The Morgan fingerprint density at radius 1 is 0.941 bits per heavy atom. The number of anilines is 2. The van der Waals surface area contributed by atoms with Gasteiger partial charge in [0.15, 0.2) is 0 Å². The second kappa shape index (κ2) is 8.89. The number of carbonyl (C=O) groups is 4. The van der Waals surface area contributed by atoms with E-state index in [1.165, 1.54) is 16.5 Å². The first-order valence-electron chi connectivity index (χ1n) is 11.7. The van der Waals surface area contributed by atoms with E-state index in [1.54, 1.807) is 23.1 Å². The summed E-state index contributed by atoms with van der Waals surface area (Å²) in [7, 11) is 0. The summed E-state index contributed by atoms with van der Waals surface area (Å²) >= 11 is 0. The molecule has 0 radical (unpaired) electrons. The highest BCUT2D eigenvalue weighted by molar-refractivity contribution is 6.22. The Labute approximate surface area is 198 Å². The lowest BCUT2D eigenvalue weighted by molar-refractivity contribution is -0.139. The van der Waals surface area contributed by atoms with Crippen LogP contribution in [-0.4, -0.2) is 30.2 Å². The molecule has 3 aliphatic rings. The molecule has 2 aromatic rings. The molecule has 0 unspecified atom stereocenters. The van der Waals surface area contributed by atoms with E-state index in [9.17, 15) is 19.2 Å². The Balaban J connectivity index is 1.28. The van der Waals surface area contributed by atoms with E-state index in [4.69, 9.17) is 4.74 Å². The van der Waals surface area contributed by atoms with E-state index in [-0.39, 0.29) is 48.3 Å². The molecule has 0 N–H and O–H groups in total. The predicted molar refractivity (Wildman–Crippen MR) is 126 cm³/mol. The number of benzene rings is 2. The number of esters is 1. The van der Waals surface area contributed by atoms with E-state index in [0.717, 1.165) is 12.1 Å². The molecule has 0 aromatic heterocycles. The zero-order valence-electron chi connectivity index (χ0n) is 19.0. The second-order valence-electron chi connectivity index (χ2n) is 9.01. The van der Waals surface area contributed by atoms with Gasteiger partial charge in [-0.1, -0.05) is 37.3 Å². The summed E-state index contributed by atoms with van der Waals surface area (Å²) < 4.78 is 5.58. The molecule has 1 aliphatic carbocycles. The van der Waals surface area contributed by atoms with E-state index < -0.39 is 11.9 Å². The molecule has 174 valence electrons. The first-order valence-corrected chi connectivity index (χ1v) is 11.7. The molecule has 2 aromatic carbocycles. The van der Waals surface area contributed by atoms with E-state index in [2.05, 4.69) is 6.92 Å². The standard InChI is InChI=1S/C27H26N2O5/c1-2-17-10-12-19(13-11-17)28-16-18(14-24(28)30)27(33)34-21-7-5-6-20(15-21)29-25(31)22-8-3-4-9-23(22)26(29)32/h3-7,10-13,15,18,22-23H,2,8-9,14,16H2,1H3/t18-,22-,23+/m0/s1. The van der Waals surface area contributed by atoms with Crippen molar-refractivity contribution < 1.29 is 23.9 Å². The highest BCUT2D eigenvalue weighted by Gasteiger charge is 2.48. The van der Waals surface area contributed by atoms with Gasteiger partial charge in [0, 0.05) is 24.7 Å². The molecule has 34 heavy (non-hydrogen) atoms. The summed E-state index contributed by atoms with van der Waals surface area (Å²) in [5, 5.41) is 0. The maximum absolute atomic E-state index is 12.9. The van der Waals surface area contributed by atoms with Crippen molar-refractivity contribution in [1.29, 1.82) is 0 Å². The van der Waals surface area contributed by atoms with E-state index >= 15 is 0 Å². The molecular weight excluding hydrogens is 432 g/mol. The average Bonchev–Trinajstić information content (AvgIpc) is 3.37. The number of amides is 3. The molecule has 7 nitrogen and oxygen atoms in total. The third kappa shape index (κ3) is 3.91. The molecule has 0 bridgehead atoms. The van der Waals surface area contributed by atoms with Crippen LogP contribution in [0.1, 0.15) is 31.7 Å². The van der Waals surface area contributed by atoms with Gasteiger partial charge in [-0.15, -0.1) is 0 Å². The van der Waals surface area contributed by atoms with E-state index in [1.807, 2.05) is 36.4 Å². The number of hydrogen-bond acceptors (Lipinski definition) is 5. The smallest absolute Gasteiger partial charge is 0.316 e. The van der Waals surface area contributed by atoms with Gasteiger partial charge in [-0.25, -0.2) is 4.90 Å². The molecule has 2 saturated heterocycles. The quantitative estimate of drug-likeness (QED) is 0.296. The van der Waals surface area contributed by atoms with Crippen LogP contribution in [0.3, 0.4) is 0 Å². The van der Waals surface area contributed by atoms with Crippen LogP contribution >= 0.6 is 0 Å². The van der Waals surface area contributed by atoms with Crippen molar-refractivity contribution in [2.75, 3.05) is 16.3 Å². The Morgan fingerprint density at radius 3 is 2.26 bits per heavy atom. The molecular formula is C27H26N2O5. The fourth-order valence-electron chi connectivity index (χ4n) is 4.97. The average molecular weight is 459 g/mol. The van der Waals surface area contributed by atoms with Gasteiger partial charge >= 0.3 is 5.97 Å². The first kappa shape index (κ1) is 22.1. The first-order chi connectivity index (χ1) is 16.5. The van der Waals surface area contributed by atoms with Crippen LogP contribution in [0, 0.1) is 17.8 Å². The highest BCUT2D eigenvalue weighted by atomic mass is 16.5. The lowest BCUT2D eigenvalue weighted by Crippen LogP contribution is -2.31. The number of rotatable bonds is 5. The minimum absolute atomic E-state index is 0.0769. The molecule has 3 atom stereocenters. The number of nitrogens with zero attached hydrogens (tertiary/aromatic N) is 2. The SMILES string of the molecule is CCc1ccc(N2C[C@@H](C(=O)Oc3cccc(N4C(=O)[C@H]5CC=CC[C@H]5C4=O)c3)CC2=O)cc1. The third-order valence-corrected chi connectivity index (χ3v) is 6.92. The summed E-state index contributed by atoms with van der Waals surface area (Å²) in [5.41, 5.74) is 2.34. The Kier molecular flexibility index (Phi) is 5.77. The number of imide groups is 1. The number of carbonyl (C=O) groups excluding carboxylic acids is 4. The molecule has 0 spiro atoms. The molecule has 2 heterocycles. The van der Waals surface area contributed by atoms with Crippen LogP contribution < -0.4 is 14.5 Å². The number of hydrogen-bond donors (Lipinski definition) is 0. The molecule has 5 rings (SSSR count). The monoisotopic (exact) mass is 458 g/mol. The zero-order valence-corrected chi connectivity index (χ0v) is 19.0. The third-order valence-electron chi connectivity index (χ3n) is 6.92. The summed E-state index contributed by atoms with van der Waals surface area (Å²) in [4.78, 5) is 53.9. The normalized spacial score (nSPS) is 24.0.